The van der Waals surface area contributed by atoms with Crippen molar-refractivity contribution in [1.82, 2.24) is 9.97 Å². The first-order chi connectivity index (χ1) is 16.8. The number of ether oxygens (including phenoxy) is 1. The number of para-hydroxylation sites is 1. The average molecular weight is 492 g/mol. The monoisotopic (exact) mass is 491 g/mol. The number of hydrogen-bond acceptors (Lipinski definition) is 6. The molecular formula is C27H26FN3O3S. The van der Waals surface area contributed by atoms with E-state index in [2.05, 4.69) is 24.1 Å². The normalized spacial score (nSPS) is 18.5. The van der Waals surface area contributed by atoms with Gasteiger partial charge in [-0.3, -0.25) is 9.59 Å². The summed E-state index contributed by atoms with van der Waals surface area (Å²) in [7, 11) is 1.58. The van der Waals surface area contributed by atoms with Crippen LogP contribution in [0.4, 0.5) is 10.2 Å². The SMILES string of the molecule is COc1ccccc1C1C2=C(CC(C)(C)CC2=O)Nc2nc(SCc3ccc(F)cc3)[nH]c(=O)c21. The molecular weight excluding hydrogens is 465 g/mol. The summed E-state index contributed by atoms with van der Waals surface area (Å²) in [5.74, 6) is 0.754. The van der Waals surface area contributed by atoms with Crippen LogP contribution in [-0.2, 0) is 10.5 Å². The fraction of sp³-hybridized carbons (Fsp3) is 0.296. The van der Waals surface area contributed by atoms with Gasteiger partial charge in [-0.25, -0.2) is 9.37 Å². The van der Waals surface area contributed by atoms with Crippen LogP contribution in [0.2, 0.25) is 0 Å². The number of carbonyl (C=O) groups is 1. The first-order valence-corrected chi connectivity index (χ1v) is 12.4. The highest BCUT2D eigenvalue weighted by atomic mass is 32.2. The fourth-order valence-corrected chi connectivity index (χ4v) is 5.73. The predicted molar refractivity (Wildman–Crippen MR) is 134 cm³/mol. The zero-order chi connectivity index (χ0) is 24.7. The maximum absolute atomic E-state index is 13.5. The Bertz CT molecular complexity index is 1400. The van der Waals surface area contributed by atoms with Gasteiger partial charge in [0.15, 0.2) is 10.9 Å². The number of H-pyrrole nitrogens is 1. The molecule has 1 aromatic heterocycles. The van der Waals surface area contributed by atoms with Crippen LogP contribution in [0.3, 0.4) is 0 Å². The number of benzene rings is 2. The second-order valence-corrected chi connectivity index (χ2v) is 10.6. The lowest BCUT2D eigenvalue weighted by Gasteiger charge is -2.38. The largest absolute Gasteiger partial charge is 0.496 e. The molecule has 1 aliphatic heterocycles. The van der Waals surface area contributed by atoms with E-state index in [1.807, 2.05) is 24.3 Å². The Morgan fingerprint density at radius 3 is 2.60 bits per heavy atom. The summed E-state index contributed by atoms with van der Waals surface area (Å²) >= 11 is 1.36. The van der Waals surface area contributed by atoms with E-state index >= 15 is 0 Å². The van der Waals surface area contributed by atoms with Gasteiger partial charge < -0.3 is 15.0 Å². The predicted octanol–water partition coefficient (Wildman–Crippen LogP) is 5.41. The first kappa shape index (κ1) is 23.4. The summed E-state index contributed by atoms with van der Waals surface area (Å²) in [6.07, 6.45) is 1.08. The number of methoxy groups -OCH3 is 1. The molecule has 0 saturated carbocycles. The van der Waals surface area contributed by atoms with Crippen LogP contribution in [-0.4, -0.2) is 22.9 Å². The number of halogens is 1. The van der Waals surface area contributed by atoms with Gasteiger partial charge in [0.2, 0.25) is 0 Å². The van der Waals surface area contributed by atoms with E-state index in [4.69, 9.17) is 9.72 Å². The van der Waals surface area contributed by atoms with Crippen molar-refractivity contribution in [3.8, 4) is 5.75 Å². The molecule has 2 N–H and O–H groups in total. The van der Waals surface area contributed by atoms with Gasteiger partial charge in [0.05, 0.1) is 18.6 Å². The second-order valence-electron chi connectivity index (χ2n) is 9.68. The minimum Gasteiger partial charge on any atom is -0.496 e. The number of hydrogen-bond donors (Lipinski definition) is 2. The Labute approximate surface area is 207 Å². The number of aromatic nitrogens is 2. The fourth-order valence-electron chi connectivity index (χ4n) is 4.91. The molecule has 3 aromatic rings. The Morgan fingerprint density at radius 2 is 1.86 bits per heavy atom. The summed E-state index contributed by atoms with van der Waals surface area (Å²) in [5, 5.41) is 3.79. The Morgan fingerprint density at radius 1 is 1.11 bits per heavy atom. The molecule has 0 saturated heterocycles. The van der Waals surface area contributed by atoms with Gasteiger partial charge in [0.1, 0.15) is 17.4 Å². The molecule has 35 heavy (non-hydrogen) atoms. The molecule has 2 aromatic carbocycles. The lowest BCUT2D eigenvalue weighted by molar-refractivity contribution is -0.118. The molecule has 1 aliphatic carbocycles. The number of nitrogens with zero attached hydrogens (tertiary/aromatic N) is 1. The van der Waals surface area contributed by atoms with Crippen LogP contribution < -0.4 is 15.6 Å². The van der Waals surface area contributed by atoms with E-state index in [1.54, 1.807) is 19.2 Å². The molecule has 0 fully saturated rings. The summed E-state index contributed by atoms with van der Waals surface area (Å²) in [4.78, 5) is 34.5. The molecule has 6 nitrogen and oxygen atoms in total. The van der Waals surface area contributed by atoms with Crippen molar-refractivity contribution in [3.63, 3.8) is 0 Å². The van der Waals surface area contributed by atoms with Crippen LogP contribution in [0, 0.1) is 11.2 Å². The highest BCUT2D eigenvalue weighted by Gasteiger charge is 2.43. The van der Waals surface area contributed by atoms with Crippen LogP contribution in [0.25, 0.3) is 0 Å². The average Bonchev–Trinajstić information content (AvgIpc) is 2.81. The third kappa shape index (κ3) is 4.50. The molecule has 8 heteroatoms. The number of nitrogens with one attached hydrogen (secondary N) is 2. The number of allylic oxidation sites excluding steroid dienone is 2. The Hall–Kier alpha value is -3.39. The van der Waals surface area contributed by atoms with E-state index in [9.17, 15) is 14.0 Å². The lowest BCUT2D eigenvalue weighted by Crippen LogP contribution is -2.37. The van der Waals surface area contributed by atoms with Crippen molar-refractivity contribution in [2.45, 2.75) is 43.5 Å². The molecule has 0 radical (unpaired) electrons. The maximum Gasteiger partial charge on any atom is 0.257 e. The van der Waals surface area contributed by atoms with Gasteiger partial charge in [-0.1, -0.05) is 55.9 Å². The Kier molecular flexibility index (Phi) is 6.01. The summed E-state index contributed by atoms with van der Waals surface area (Å²) in [6.45, 7) is 4.14. The zero-order valence-electron chi connectivity index (χ0n) is 19.8. The van der Waals surface area contributed by atoms with Crippen LogP contribution in [0.15, 0.2) is 69.8 Å². The highest BCUT2D eigenvalue weighted by Crippen LogP contribution is 2.49. The molecule has 1 unspecified atom stereocenters. The summed E-state index contributed by atoms with van der Waals surface area (Å²) in [6, 6.07) is 13.7. The number of anilines is 1. The van der Waals surface area contributed by atoms with E-state index < -0.39 is 5.92 Å². The van der Waals surface area contributed by atoms with E-state index in [0.717, 1.165) is 16.8 Å². The molecule has 180 valence electrons. The van der Waals surface area contributed by atoms with Gasteiger partial charge in [-0.15, -0.1) is 0 Å². The summed E-state index contributed by atoms with van der Waals surface area (Å²) in [5.41, 5.74) is 3.01. The quantitative estimate of drug-likeness (QED) is 0.367. The molecule has 2 heterocycles. The molecule has 5 rings (SSSR count). The number of carbonyl (C=O) groups excluding carboxylic acids is 1. The van der Waals surface area contributed by atoms with Crippen molar-refractivity contribution in [3.05, 3.63) is 92.7 Å². The van der Waals surface area contributed by atoms with Crippen LogP contribution >= 0.6 is 11.8 Å². The van der Waals surface area contributed by atoms with Crippen LogP contribution in [0.1, 0.15) is 49.3 Å². The zero-order valence-corrected chi connectivity index (χ0v) is 20.6. The van der Waals surface area contributed by atoms with Crippen molar-refractivity contribution in [1.29, 1.82) is 0 Å². The Balaban J connectivity index is 1.60. The van der Waals surface area contributed by atoms with Crippen molar-refractivity contribution >= 4 is 23.4 Å². The smallest absolute Gasteiger partial charge is 0.257 e. The maximum atomic E-state index is 13.5. The number of fused-ring (bicyclic) bond motifs is 1. The molecule has 0 amide bonds. The number of ketones is 1. The topological polar surface area (TPSA) is 84.1 Å². The summed E-state index contributed by atoms with van der Waals surface area (Å²) < 4.78 is 18.8. The van der Waals surface area contributed by atoms with Gasteiger partial charge in [0.25, 0.3) is 5.56 Å². The highest BCUT2D eigenvalue weighted by molar-refractivity contribution is 7.98. The number of thioether (sulfide) groups is 1. The lowest BCUT2D eigenvalue weighted by atomic mass is 9.69. The van der Waals surface area contributed by atoms with Crippen molar-refractivity contribution in [2.75, 3.05) is 12.4 Å². The van der Waals surface area contributed by atoms with Crippen LogP contribution in [0.5, 0.6) is 5.75 Å². The van der Waals surface area contributed by atoms with Crippen molar-refractivity contribution in [2.24, 2.45) is 5.41 Å². The van der Waals surface area contributed by atoms with E-state index in [0.29, 0.717) is 46.5 Å². The number of Topliss-reactive ketones (excluding diaryl/α,β-unsaturated/α-hetero) is 1. The number of aromatic amines is 1. The van der Waals surface area contributed by atoms with Gasteiger partial charge in [-0.05, 0) is 35.6 Å². The number of rotatable bonds is 5. The minimum absolute atomic E-state index is 0.0273. The molecule has 1 atom stereocenters. The van der Waals surface area contributed by atoms with E-state index in [-0.39, 0.29) is 22.6 Å². The van der Waals surface area contributed by atoms with E-state index in [1.165, 1.54) is 23.9 Å². The minimum atomic E-state index is -0.576. The second kappa shape index (κ2) is 9.00. The van der Waals surface area contributed by atoms with Crippen molar-refractivity contribution < 1.29 is 13.9 Å². The first-order valence-electron chi connectivity index (χ1n) is 11.4. The third-order valence-electron chi connectivity index (χ3n) is 6.44. The standard InChI is InChI=1S/C27H26FN3O3S/c1-27(2)12-18-22(19(32)13-27)21(17-6-4-5-7-20(17)34-3)23-24(29-18)30-26(31-25(23)33)35-14-15-8-10-16(28)11-9-15/h4-11,21H,12-14H2,1-3H3,(H2,29,30,31,33). The van der Waals surface area contributed by atoms with Gasteiger partial charge in [0, 0.05) is 29.0 Å². The van der Waals surface area contributed by atoms with Gasteiger partial charge >= 0.3 is 0 Å². The molecule has 2 aliphatic rings. The third-order valence-corrected chi connectivity index (χ3v) is 7.38. The van der Waals surface area contributed by atoms with Gasteiger partial charge in [-0.2, -0.15) is 0 Å². The molecule has 0 bridgehead atoms. The molecule has 0 spiro atoms.